The zero-order valence-corrected chi connectivity index (χ0v) is 29.0. The van der Waals surface area contributed by atoms with Crippen molar-refractivity contribution in [2.75, 3.05) is 0 Å². The Labute approximate surface area is 265 Å². The van der Waals surface area contributed by atoms with E-state index in [9.17, 15) is 0 Å². The van der Waals surface area contributed by atoms with Gasteiger partial charge in [-0.15, -0.1) is 11.1 Å². The van der Waals surface area contributed by atoms with Crippen molar-refractivity contribution in [3.63, 3.8) is 0 Å². The van der Waals surface area contributed by atoms with E-state index < -0.39 is 0 Å². The monoisotopic (exact) mass is 634 g/mol. The van der Waals surface area contributed by atoms with E-state index in [2.05, 4.69) is 135 Å². The molecule has 0 radical (unpaired) electrons. The van der Waals surface area contributed by atoms with Crippen molar-refractivity contribution in [3.8, 4) is 11.1 Å². The molecule has 4 aromatic carbocycles. The minimum absolute atomic E-state index is 0. The van der Waals surface area contributed by atoms with Crippen LogP contribution in [0.3, 0.4) is 0 Å². The SMILES string of the molecule is CC[C](=[Zr+2])c1ccccc1.Cc1[c-]c2c(cc1C)-c1cc(C)c(C)cc1C2.Cc1cc(C(C)(C)C)c[cH-]1.[Cl-].[Cl-]. The summed E-state index contributed by atoms with van der Waals surface area (Å²) < 4.78 is 1.55. The van der Waals surface area contributed by atoms with Crippen molar-refractivity contribution in [1.82, 2.24) is 0 Å². The molecule has 0 bridgehead atoms. The van der Waals surface area contributed by atoms with Crippen LogP contribution in [0.2, 0.25) is 0 Å². The second-order valence-corrected chi connectivity index (χ2v) is 12.8. The summed E-state index contributed by atoms with van der Waals surface area (Å²) in [7, 11) is 0. The third-order valence-corrected chi connectivity index (χ3v) is 8.82. The quantitative estimate of drug-likeness (QED) is 0.261. The van der Waals surface area contributed by atoms with Gasteiger partial charge in [-0.1, -0.05) is 64.7 Å². The molecule has 5 rings (SSSR count). The van der Waals surface area contributed by atoms with E-state index >= 15 is 0 Å². The summed E-state index contributed by atoms with van der Waals surface area (Å²) >= 11 is 1.54. The molecule has 4 aromatic rings. The summed E-state index contributed by atoms with van der Waals surface area (Å²) in [5.41, 5.74) is 15.6. The number of benzene rings is 3. The van der Waals surface area contributed by atoms with E-state index in [4.69, 9.17) is 0 Å². The molecule has 0 nitrogen and oxygen atoms in total. The first kappa shape index (κ1) is 35.4. The van der Waals surface area contributed by atoms with Crippen LogP contribution in [0.25, 0.3) is 11.1 Å². The number of fused-ring (bicyclic) bond motifs is 3. The average molecular weight is 637 g/mol. The van der Waals surface area contributed by atoms with Crippen molar-refractivity contribution in [2.24, 2.45) is 0 Å². The van der Waals surface area contributed by atoms with Crippen molar-refractivity contribution in [1.29, 1.82) is 0 Å². The van der Waals surface area contributed by atoms with Crippen molar-refractivity contribution in [3.05, 3.63) is 123 Å². The van der Waals surface area contributed by atoms with E-state index in [0.29, 0.717) is 5.41 Å². The molecule has 0 unspecified atom stereocenters. The molecule has 1 aliphatic carbocycles. The van der Waals surface area contributed by atoms with E-state index in [1.54, 1.807) is 3.21 Å². The first-order chi connectivity index (χ1) is 17.4. The summed E-state index contributed by atoms with van der Waals surface area (Å²) in [5.74, 6) is 0. The van der Waals surface area contributed by atoms with Crippen LogP contribution in [0.4, 0.5) is 0 Å². The van der Waals surface area contributed by atoms with Crippen molar-refractivity contribution in [2.45, 2.75) is 80.6 Å². The van der Waals surface area contributed by atoms with Crippen LogP contribution in [0, 0.1) is 40.7 Å². The fourth-order valence-electron chi connectivity index (χ4n) is 4.52. The standard InChI is InChI=1S/C17H17.C10H15.C9H10.2ClH.Zr/c1-10-5-14-9-15-6-11(2)13(4)8-17(15)16(14)7-12(10)3;1-8-5-6-9(7-8)10(2,3)4;1-2-6-9-7-4-3-5-8-9;;;/h5,7-8H,9H2,1-4H3;5-7H,1-4H3;3-5,7-8H,2H2,1H3;2*1H;/q2*-1;;;;+2/p-2. The van der Waals surface area contributed by atoms with Gasteiger partial charge < -0.3 is 24.8 Å². The second-order valence-electron chi connectivity index (χ2n) is 11.4. The number of hydrogen-bond donors (Lipinski definition) is 0. The van der Waals surface area contributed by atoms with E-state index in [1.165, 1.54) is 91.9 Å². The number of halogens is 2. The van der Waals surface area contributed by atoms with Crippen LogP contribution < -0.4 is 24.8 Å². The fraction of sp³-hybridized carbons (Fsp3) is 0.333. The van der Waals surface area contributed by atoms with Crippen LogP contribution in [-0.4, -0.2) is 3.21 Å². The summed E-state index contributed by atoms with van der Waals surface area (Å²) in [6.07, 6.45) is 2.23. The Hall–Kier alpha value is -1.66. The first-order valence-corrected chi connectivity index (χ1v) is 14.6. The number of aryl methyl sites for hydroxylation is 5. The van der Waals surface area contributed by atoms with Gasteiger partial charge in [0, 0.05) is 0 Å². The predicted molar refractivity (Wildman–Crippen MR) is 159 cm³/mol. The topological polar surface area (TPSA) is 0 Å². The molecule has 0 amide bonds. The van der Waals surface area contributed by atoms with Crippen LogP contribution in [-0.2, 0) is 36.1 Å². The summed E-state index contributed by atoms with van der Waals surface area (Å²) in [6.45, 7) is 19.8. The van der Waals surface area contributed by atoms with Crippen molar-refractivity contribution < 1.29 is 49.0 Å². The minimum Gasteiger partial charge on any atom is -1.00 e. The zero-order valence-electron chi connectivity index (χ0n) is 25.0. The van der Waals surface area contributed by atoms with Gasteiger partial charge in [-0.25, -0.2) is 6.07 Å². The smallest absolute Gasteiger partial charge is 0.0253 e. The molecule has 0 aromatic heterocycles. The minimum atomic E-state index is 0. The maximum Gasteiger partial charge on any atom is -0.0253 e. The second kappa shape index (κ2) is 15.4. The predicted octanol–water partition coefficient (Wildman–Crippen LogP) is 3.47. The summed E-state index contributed by atoms with van der Waals surface area (Å²) in [6, 6.07) is 27.7. The molecular formula is C36H42Cl2Zr-2. The zero-order chi connectivity index (χ0) is 27.3. The Balaban J connectivity index is 0.000000303. The van der Waals surface area contributed by atoms with Crippen molar-refractivity contribution >= 4 is 3.21 Å². The van der Waals surface area contributed by atoms with Crippen LogP contribution in [0.1, 0.15) is 84.2 Å². The van der Waals surface area contributed by atoms with Crippen LogP contribution in [0.5, 0.6) is 0 Å². The van der Waals surface area contributed by atoms with E-state index in [-0.39, 0.29) is 24.8 Å². The van der Waals surface area contributed by atoms with Crippen LogP contribution >= 0.6 is 0 Å². The summed E-state index contributed by atoms with van der Waals surface area (Å²) in [5, 5.41) is 0. The van der Waals surface area contributed by atoms with E-state index in [0.717, 1.165) is 6.42 Å². The Morgan fingerprint density at radius 2 is 1.44 bits per heavy atom. The fourth-order valence-corrected chi connectivity index (χ4v) is 4.93. The Morgan fingerprint density at radius 3 is 1.95 bits per heavy atom. The maximum absolute atomic E-state index is 3.54. The third-order valence-electron chi connectivity index (χ3n) is 7.24. The third kappa shape index (κ3) is 9.45. The molecule has 0 fully saturated rings. The summed E-state index contributed by atoms with van der Waals surface area (Å²) in [4.78, 5) is 0. The number of hydrogen-bond acceptors (Lipinski definition) is 0. The molecule has 0 heterocycles. The Morgan fingerprint density at radius 1 is 0.846 bits per heavy atom. The first-order valence-electron chi connectivity index (χ1n) is 13.4. The normalized spacial score (nSPS) is 10.9. The molecule has 0 aliphatic heterocycles. The van der Waals surface area contributed by atoms with Gasteiger partial charge in [0.05, 0.1) is 0 Å². The molecule has 0 atom stereocenters. The van der Waals surface area contributed by atoms with Gasteiger partial charge in [0.2, 0.25) is 0 Å². The van der Waals surface area contributed by atoms with Gasteiger partial charge in [0.1, 0.15) is 0 Å². The maximum atomic E-state index is 3.54. The van der Waals surface area contributed by atoms with Gasteiger partial charge in [0.25, 0.3) is 0 Å². The van der Waals surface area contributed by atoms with Gasteiger partial charge in [-0.2, -0.15) is 46.5 Å². The molecule has 1 aliphatic rings. The largest absolute Gasteiger partial charge is 1.00 e. The molecule has 0 N–H and O–H groups in total. The van der Waals surface area contributed by atoms with Crippen LogP contribution in [0.15, 0.2) is 66.7 Å². The number of rotatable bonds is 2. The Bertz CT molecular complexity index is 1320. The molecular weight excluding hydrogens is 595 g/mol. The van der Waals surface area contributed by atoms with Gasteiger partial charge >= 0.3 is 76.7 Å². The van der Waals surface area contributed by atoms with E-state index in [1.807, 2.05) is 0 Å². The molecule has 0 saturated heterocycles. The molecule has 3 heteroatoms. The molecule has 39 heavy (non-hydrogen) atoms. The van der Waals surface area contributed by atoms with Gasteiger partial charge in [-0.05, 0) is 37.0 Å². The molecule has 0 saturated carbocycles. The van der Waals surface area contributed by atoms with Gasteiger partial charge in [-0.3, -0.25) is 0 Å². The molecule has 0 spiro atoms. The van der Waals surface area contributed by atoms with Gasteiger partial charge in [0.15, 0.2) is 0 Å². The average Bonchev–Trinajstić information content (AvgIpc) is 3.44. The molecule has 206 valence electrons. The Kier molecular flexibility index (Phi) is 13.9.